The number of hydrogen-bond acceptors (Lipinski definition) is 3. The summed E-state index contributed by atoms with van der Waals surface area (Å²) in [6.07, 6.45) is 4.00. The number of amides is 1. The quantitative estimate of drug-likeness (QED) is 0.787. The Bertz CT molecular complexity index is 441. The number of hydrogen-bond donors (Lipinski definition) is 1. The second-order valence-corrected chi connectivity index (χ2v) is 3.98. The van der Waals surface area contributed by atoms with E-state index < -0.39 is 5.91 Å². The Morgan fingerprint density at radius 2 is 2.17 bits per heavy atom. The highest BCUT2D eigenvalue weighted by molar-refractivity contribution is 5.90. The Labute approximate surface area is 107 Å². The number of rotatable bonds is 6. The predicted octanol–water partition coefficient (Wildman–Crippen LogP) is 2.37. The third kappa shape index (κ3) is 4.13. The molecule has 4 nitrogen and oxygen atoms in total. The van der Waals surface area contributed by atoms with Gasteiger partial charge in [-0.1, -0.05) is 13.0 Å². The number of carbonyl (C=O) groups is 1. The second-order valence-electron chi connectivity index (χ2n) is 3.98. The highest BCUT2D eigenvalue weighted by Crippen LogP contribution is 2.29. The van der Waals surface area contributed by atoms with Gasteiger partial charge in [0.2, 0.25) is 5.91 Å². The first-order chi connectivity index (χ1) is 8.56. The SMILES string of the molecule is CC[C@H](C)Oc1ccc(/C=C/C(N)=O)cc1OC. The van der Waals surface area contributed by atoms with Crippen LogP contribution < -0.4 is 15.2 Å². The van der Waals surface area contributed by atoms with Crippen LogP contribution in [0.5, 0.6) is 11.5 Å². The molecule has 0 unspecified atom stereocenters. The van der Waals surface area contributed by atoms with E-state index in [0.717, 1.165) is 12.0 Å². The Balaban J connectivity index is 2.92. The van der Waals surface area contributed by atoms with E-state index in [0.29, 0.717) is 11.5 Å². The van der Waals surface area contributed by atoms with Crippen LogP contribution in [-0.4, -0.2) is 19.1 Å². The van der Waals surface area contributed by atoms with Gasteiger partial charge in [0.05, 0.1) is 13.2 Å². The van der Waals surface area contributed by atoms with E-state index in [-0.39, 0.29) is 6.10 Å². The molecule has 0 aromatic heterocycles. The fourth-order valence-electron chi connectivity index (χ4n) is 1.36. The standard InChI is InChI=1S/C14H19NO3/c1-4-10(2)18-12-7-5-11(6-8-14(15)16)9-13(12)17-3/h5-10H,4H2,1-3H3,(H2,15,16)/b8-6+/t10-/m0/s1. The van der Waals surface area contributed by atoms with Crippen LogP contribution in [0.1, 0.15) is 25.8 Å². The van der Waals surface area contributed by atoms with Crippen LogP contribution in [0.2, 0.25) is 0 Å². The molecule has 0 aliphatic carbocycles. The van der Waals surface area contributed by atoms with Crippen molar-refractivity contribution in [3.05, 3.63) is 29.8 Å². The third-order valence-electron chi connectivity index (χ3n) is 2.53. The minimum absolute atomic E-state index is 0.130. The molecule has 1 rings (SSSR count). The molecule has 98 valence electrons. The number of benzene rings is 1. The lowest BCUT2D eigenvalue weighted by Crippen LogP contribution is -2.10. The highest BCUT2D eigenvalue weighted by Gasteiger charge is 2.08. The Morgan fingerprint density at radius 1 is 1.44 bits per heavy atom. The number of carbonyl (C=O) groups excluding carboxylic acids is 1. The minimum atomic E-state index is -0.478. The van der Waals surface area contributed by atoms with Gasteiger partial charge < -0.3 is 15.2 Å². The van der Waals surface area contributed by atoms with Crippen molar-refractivity contribution in [2.75, 3.05) is 7.11 Å². The lowest BCUT2D eigenvalue weighted by atomic mass is 10.2. The zero-order valence-corrected chi connectivity index (χ0v) is 11.0. The van der Waals surface area contributed by atoms with Crippen molar-refractivity contribution in [3.8, 4) is 11.5 Å². The van der Waals surface area contributed by atoms with Crippen LogP contribution in [0.4, 0.5) is 0 Å². The first-order valence-corrected chi connectivity index (χ1v) is 5.89. The fourth-order valence-corrected chi connectivity index (χ4v) is 1.36. The number of nitrogens with two attached hydrogens (primary N) is 1. The summed E-state index contributed by atoms with van der Waals surface area (Å²) in [5, 5.41) is 0. The van der Waals surface area contributed by atoms with Crippen LogP contribution in [-0.2, 0) is 4.79 Å². The van der Waals surface area contributed by atoms with Gasteiger partial charge in [-0.3, -0.25) is 4.79 Å². The molecule has 0 saturated carbocycles. The van der Waals surface area contributed by atoms with E-state index in [1.807, 2.05) is 19.1 Å². The van der Waals surface area contributed by atoms with Gasteiger partial charge in [-0.05, 0) is 37.1 Å². The van der Waals surface area contributed by atoms with Gasteiger partial charge in [-0.15, -0.1) is 0 Å². The fraction of sp³-hybridized carbons (Fsp3) is 0.357. The maximum Gasteiger partial charge on any atom is 0.241 e. The normalized spacial score (nSPS) is 12.4. The van der Waals surface area contributed by atoms with E-state index >= 15 is 0 Å². The first kappa shape index (κ1) is 14.1. The van der Waals surface area contributed by atoms with E-state index in [2.05, 4.69) is 6.92 Å². The Kier molecular flexibility index (Phi) is 5.24. The largest absolute Gasteiger partial charge is 0.493 e. The molecule has 0 fully saturated rings. The average Bonchev–Trinajstić information content (AvgIpc) is 2.37. The molecule has 0 radical (unpaired) electrons. The van der Waals surface area contributed by atoms with Crippen molar-refractivity contribution in [2.24, 2.45) is 5.73 Å². The maximum absolute atomic E-state index is 10.7. The first-order valence-electron chi connectivity index (χ1n) is 5.89. The molecule has 0 bridgehead atoms. The van der Waals surface area contributed by atoms with Crippen molar-refractivity contribution in [1.29, 1.82) is 0 Å². The van der Waals surface area contributed by atoms with Crippen molar-refractivity contribution >= 4 is 12.0 Å². The molecule has 0 aliphatic rings. The van der Waals surface area contributed by atoms with Gasteiger partial charge in [-0.2, -0.15) is 0 Å². The molecule has 0 aliphatic heterocycles. The van der Waals surface area contributed by atoms with E-state index in [1.54, 1.807) is 19.3 Å². The number of methoxy groups -OCH3 is 1. The summed E-state index contributed by atoms with van der Waals surface area (Å²) < 4.78 is 11.0. The molecule has 0 spiro atoms. The zero-order chi connectivity index (χ0) is 13.5. The van der Waals surface area contributed by atoms with Crippen LogP contribution in [0.15, 0.2) is 24.3 Å². The lowest BCUT2D eigenvalue weighted by Gasteiger charge is -2.15. The molecule has 1 atom stereocenters. The van der Waals surface area contributed by atoms with Crippen LogP contribution in [0.25, 0.3) is 6.08 Å². The molecule has 18 heavy (non-hydrogen) atoms. The van der Waals surface area contributed by atoms with Crippen molar-refractivity contribution in [2.45, 2.75) is 26.4 Å². The monoisotopic (exact) mass is 249 g/mol. The van der Waals surface area contributed by atoms with E-state index in [9.17, 15) is 4.79 Å². The van der Waals surface area contributed by atoms with E-state index in [4.69, 9.17) is 15.2 Å². The average molecular weight is 249 g/mol. The maximum atomic E-state index is 10.7. The zero-order valence-electron chi connectivity index (χ0n) is 11.0. The molecule has 1 amide bonds. The highest BCUT2D eigenvalue weighted by atomic mass is 16.5. The smallest absolute Gasteiger partial charge is 0.241 e. The molecular weight excluding hydrogens is 230 g/mol. The van der Waals surface area contributed by atoms with Gasteiger partial charge in [0.15, 0.2) is 11.5 Å². The molecular formula is C14H19NO3. The van der Waals surface area contributed by atoms with Crippen LogP contribution in [0, 0.1) is 0 Å². The summed E-state index contributed by atoms with van der Waals surface area (Å²) in [6, 6.07) is 5.47. The third-order valence-corrected chi connectivity index (χ3v) is 2.53. The summed E-state index contributed by atoms with van der Waals surface area (Å²) in [4.78, 5) is 10.7. The lowest BCUT2D eigenvalue weighted by molar-refractivity contribution is -0.113. The van der Waals surface area contributed by atoms with Crippen LogP contribution >= 0.6 is 0 Å². The van der Waals surface area contributed by atoms with Gasteiger partial charge in [-0.25, -0.2) is 0 Å². The number of ether oxygens (including phenoxy) is 2. The van der Waals surface area contributed by atoms with Gasteiger partial charge in [0.1, 0.15) is 0 Å². The van der Waals surface area contributed by atoms with Crippen molar-refractivity contribution in [3.63, 3.8) is 0 Å². The summed E-state index contributed by atoms with van der Waals surface area (Å²) in [5.41, 5.74) is 5.88. The van der Waals surface area contributed by atoms with Crippen molar-refractivity contribution < 1.29 is 14.3 Å². The Morgan fingerprint density at radius 3 is 2.72 bits per heavy atom. The number of primary amides is 1. The molecule has 4 heteroatoms. The second kappa shape index (κ2) is 6.69. The molecule has 0 heterocycles. The Hall–Kier alpha value is -1.97. The molecule has 1 aromatic rings. The topological polar surface area (TPSA) is 61.5 Å². The van der Waals surface area contributed by atoms with Gasteiger partial charge in [0.25, 0.3) is 0 Å². The predicted molar refractivity (Wildman–Crippen MR) is 71.6 cm³/mol. The van der Waals surface area contributed by atoms with Crippen LogP contribution in [0.3, 0.4) is 0 Å². The van der Waals surface area contributed by atoms with E-state index in [1.165, 1.54) is 6.08 Å². The molecule has 1 aromatic carbocycles. The van der Waals surface area contributed by atoms with Gasteiger partial charge >= 0.3 is 0 Å². The summed E-state index contributed by atoms with van der Waals surface area (Å²) in [6.45, 7) is 4.06. The molecule has 0 saturated heterocycles. The van der Waals surface area contributed by atoms with Gasteiger partial charge in [0, 0.05) is 6.08 Å². The summed E-state index contributed by atoms with van der Waals surface area (Å²) in [5.74, 6) is 0.860. The minimum Gasteiger partial charge on any atom is -0.493 e. The summed E-state index contributed by atoms with van der Waals surface area (Å²) in [7, 11) is 1.58. The summed E-state index contributed by atoms with van der Waals surface area (Å²) >= 11 is 0. The van der Waals surface area contributed by atoms with Crippen molar-refractivity contribution in [1.82, 2.24) is 0 Å². The molecule has 2 N–H and O–H groups in total.